The van der Waals surface area contributed by atoms with E-state index in [4.69, 9.17) is 5.11 Å². The largest absolute Gasteiger partial charge is 0.395 e. The van der Waals surface area contributed by atoms with Crippen LogP contribution >= 0.6 is 0 Å². The van der Waals surface area contributed by atoms with Crippen molar-refractivity contribution in [3.8, 4) is 0 Å². The predicted octanol–water partition coefficient (Wildman–Crippen LogP) is 1.16. The lowest BCUT2D eigenvalue weighted by molar-refractivity contribution is 0.273. The summed E-state index contributed by atoms with van der Waals surface area (Å²) < 4.78 is 1.55. The minimum absolute atomic E-state index is 0.0402. The van der Waals surface area contributed by atoms with E-state index in [0.717, 1.165) is 17.1 Å². The molecule has 2 N–H and O–H groups in total. The van der Waals surface area contributed by atoms with Crippen molar-refractivity contribution in [2.45, 2.75) is 20.0 Å². The number of nitrogens with one attached hydrogen (secondary N) is 1. The second kappa shape index (κ2) is 6.15. The lowest BCUT2D eigenvalue weighted by Gasteiger charge is -2.11. The van der Waals surface area contributed by atoms with Crippen LogP contribution in [-0.2, 0) is 13.1 Å². The molecule has 5 nitrogen and oxygen atoms in total. The molecule has 0 spiro atoms. The van der Waals surface area contributed by atoms with Gasteiger partial charge in [-0.2, -0.15) is 0 Å². The fourth-order valence-corrected chi connectivity index (χ4v) is 1.91. The molecule has 0 atom stereocenters. The van der Waals surface area contributed by atoms with Crippen LogP contribution in [0.5, 0.6) is 0 Å². The van der Waals surface area contributed by atoms with E-state index in [0.29, 0.717) is 13.1 Å². The molecule has 0 saturated carbocycles. The van der Waals surface area contributed by atoms with E-state index < -0.39 is 0 Å². The minimum atomic E-state index is -0.113. The maximum atomic E-state index is 11.9. The Kier molecular flexibility index (Phi) is 4.30. The van der Waals surface area contributed by atoms with Crippen molar-refractivity contribution in [3.63, 3.8) is 0 Å². The Morgan fingerprint density at radius 2 is 2.21 bits per heavy atom. The van der Waals surface area contributed by atoms with Gasteiger partial charge in [-0.05, 0) is 25.1 Å². The van der Waals surface area contributed by atoms with Gasteiger partial charge >= 0.3 is 0 Å². The van der Waals surface area contributed by atoms with Crippen molar-refractivity contribution in [2.24, 2.45) is 0 Å². The number of pyridine rings is 2. The lowest BCUT2D eigenvalue weighted by atomic mass is 10.3. The molecule has 0 bridgehead atoms. The van der Waals surface area contributed by atoms with Crippen LogP contribution in [0.4, 0.5) is 5.69 Å². The van der Waals surface area contributed by atoms with Crippen LogP contribution in [0, 0.1) is 6.92 Å². The number of hydrogen-bond acceptors (Lipinski definition) is 4. The number of hydrogen-bond donors (Lipinski definition) is 2. The summed E-state index contributed by atoms with van der Waals surface area (Å²) in [6, 6.07) is 9.14. The van der Waals surface area contributed by atoms with Gasteiger partial charge in [-0.15, -0.1) is 0 Å². The fourth-order valence-electron chi connectivity index (χ4n) is 1.91. The molecule has 19 heavy (non-hydrogen) atoms. The van der Waals surface area contributed by atoms with E-state index in [2.05, 4.69) is 10.3 Å². The van der Waals surface area contributed by atoms with Crippen LogP contribution in [0.25, 0.3) is 0 Å². The van der Waals surface area contributed by atoms with Gasteiger partial charge in [0.1, 0.15) is 0 Å². The zero-order chi connectivity index (χ0) is 13.7. The summed E-state index contributed by atoms with van der Waals surface area (Å²) in [6.45, 7) is 2.71. The average molecular weight is 259 g/mol. The molecule has 2 heterocycles. The predicted molar refractivity (Wildman–Crippen MR) is 74.1 cm³/mol. The van der Waals surface area contributed by atoms with E-state index in [1.165, 1.54) is 6.07 Å². The van der Waals surface area contributed by atoms with Gasteiger partial charge in [-0.25, -0.2) is 0 Å². The van der Waals surface area contributed by atoms with E-state index in [1.54, 1.807) is 10.8 Å². The molecule has 0 aliphatic carbocycles. The first kappa shape index (κ1) is 13.3. The highest BCUT2D eigenvalue weighted by molar-refractivity contribution is 5.43. The molecule has 0 aromatic carbocycles. The molecule has 0 aliphatic rings. The lowest BCUT2D eigenvalue weighted by Crippen LogP contribution is -2.23. The number of anilines is 1. The van der Waals surface area contributed by atoms with Crippen LogP contribution < -0.4 is 10.9 Å². The van der Waals surface area contributed by atoms with Crippen LogP contribution in [0.1, 0.15) is 11.4 Å². The zero-order valence-corrected chi connectivity index (χ0v) is 10.8. The van der Waals surface area contributed by atoms with Crippen molar-refractivity contribution < 1.29 is 5.11 Å². The Bertz CT molecular complexity index is 593. The maximum Gasteiger partial charge on any atom is 0.252 e. The van der Waals surface area contributed by atoms with E-state index in [-0.39, 0.29) is 12.2 Å². The van der Waals surface area contributed by atoms with Gasteiger partial charge in [0.2, 0.25) is 0 Å². The highest BCUT2D eigenvalue weighted by atomic mass is 16.3. The molecular formula is C14H17N3O2. The highest BCUT2D eigenvalue weighted by Gasteiger charge is 2.03. The smallest absolute Gasteiger partial charge is 0.252 e. The number of rotatable bonds is 5. The molecule has 0 unspecified atom stereocenters. The molecule has 0 fully saturated rings. The Labute approximate surface area is 111 Å². The normalized spacial score (nSPS) is 10.4. The van der Waals surface area contributed by atoms with E-state index >= 15 is 0 Å². The second-order valence-corrected chi connectivity index (χ2v) is 4.27. The summed E-state index contributed by atoms with van der Waals surface area (Å²) in [7, 11) is 0. The highest BCUT2D eigenvalue weighted by Crippen LogP contribution is 2.08. The van der Waals surface area contributed by atoms with Gasteiger partial charge < -0.3 is 15.0 Å². The summed E-state index contributed by atoms with van der Waals surface area (Å²) in [5.74, 6) is 0. The Morgan fingerprint density at radius 1 is 1.37 bits per heavy atom. The number of aromatic nitrogens is 2. The quantitative estimate of drug-likeness (QED) is 0.845. The van der Waals surface area contributed by atoms with Crippen molar-refractivity contribution in [3.05, 3.63) is 58.3 Å². The molecule has 2 rings (SSSR count). The maximum absolute atomic E-state index is 11.9. The summed E-state index contributed by atoms with van der Waals surface area (Å²) in [6.07, 6.45) is 1.74. The Balaban J connectivity index is 2.12. The second-order valence-electron chi connectivity index (χ2n) is 4.27. The first-order valence-electron chi connectivity index (χ1n) is 6.17. The van der Waals surface area contributed by atoms with Crippen LogP contribution in [-0.4, -0.2) is 21.3 Å². The SMILES string of the molecule is Cc1cc(NCc2ccccn2)cc(=O)n1CCO. The van der Waals surface area contributed by atoms with Gasteiger partial charge in [0.05, 0.1) is 18.8 Å². The van der Waals surface area contributed by atoms with Crippen molar-refractivity contribution >= 4 is 5.69 Å². The topological polar surface area (TPSA) is 67.2 Å². The molecule has 100 valence electrons. The van der Waals surface area contributed by atoms with Gasteiger partial charge in [0.25, 0.3) is 5.56 Å². The van der Waals surface area contributed by atoms with E-state index in [9.17, 15) is 4.79 Å². The first-order chi connectivity index (χ1) is 9.20. The number of aliphatic hydroxyl groups is 1. The van der Waals surface area contributed by atoms with Crippen LogP contribution in [0.2, 0.25) is 0 Å². The molecule has 5 heteroatoms. The van der Waals surface area contributed by atoms with Crippen molar-refractivity contribution in [1.82, 2.24) is 9.55 Å². The third-order valence-corrected chi connectivity index (χ3v) is 2.86. The average Bonchev–Trinajstić information content (AvgIpc) is 2.42. The Hall–Kier alpha value is -2.14. The van der Waals surface area contributed by atoms with Crippen LogP contribution in [0.3, 0.4) is 0 Å². The van der Waals surface area contributed by atoms with Crippen molar-refractivity contribution in [1.29, 1.82) is 0 Å². The standard InChI is InChI=1S/C14H17N3O2/c1-11-8-13(9-14(19)17(11)6-7-18)16-10-12-4-2-3-5-15-12/h2-5,8-9,16,18H,6-7,10H2,1H3. The fraction of sp³-hybridized carbons (Fsp3) is 0.286. The molecule has 0 saturated heterocycles. The molecule has 0 amide bonds. The minimum Gasteiger partial charge on any atom is -0.395 e. The van der Waals surface area contributed by atoms with Crippen molar-refractivity contribution in [2.75, 3.05) is 11.9 Å². The summed E-state index contributed by atoms with van der Waals surface area (Å²) in [5, 5.41) is 12.1. The molecule has 0 aliphatic heterocycles. The summed E-state index contributed by atoms with van der Waals surface area (Å²) in [5.41, 5.74) is 2.39. The number of aliphatic hydroxyl groups excluding tert-OH is 1. The molecular weight excluding hydrogens is 242 g/mol. The number of aryl methyl sites for hydroxylation is 1. The summed E-state index contributed by atoms with van der Waals surface area (Å²) in [4.78, 5) is 16.1. The third kappa shape index (κ3) is 3.42. The third-order valence-electron chi connectivity index (χ3n) is 2.86. The van der Waals surface area contributed by atoms with Gasteiger partial charge in [0, 0.05) is 30.2 Å². The first-order valence-corrected chi connectivity index (χ1v) is 6.17. The Morgan fingerprint density at radius 3 is 2.84 bits per heavy atom. The van der Waals surface area contributed by atoms with Gasteiger partial charge in [-0.1, -0.05) is 6.07 Å². The van der Waals surface area contributed by atoms with Gasteiger partial charge in [-0.3, -0.25) is 9.78 Å². The van der Waals surface area contributed by atoms with Crippen LogP contribution in [0.15, 0.2) is 41.3 Å². The molecule has 2 aromatic rings. The monoisotopic (exact) mass is 259 g/mol. The van der Waals surface area contributed by atoms with Gasteiger partial charge in [0.15, 0.2) is 0 Å². The summed E-state index contributed by atoms with van der Waals surface area (Å²) >= 11 is 0. The number of nitrogens with zero attached hydrogens (tertiary/aromatic N) is 2. The zero-order valence-electron chi connectivity index (χ0n) is 10.8. The molecule has 2 aromatic heterocycles. The molecule has 0 radical (unpaired) electrons. The van der Waals surface area contributed by atoms with E-state index in [1.807, 2.05) is 31.2 Å².